The maximum absolute atomic E-state index is 13.1. The van der Waals surface area contributed by atoms with Crippen molar-refractivity contribution < 1.29 is 57.0 Å². The van der Waals surface area contributed by atoms with Crippen molar-refractivity contribution in [2.75, 3.05) is 99.1 Å². The number of carbonyl (C=O) groups is 3. The van der Waals surface area contributed by atoms with Crippen molar-refractivity contribution in [2.24, 2.45) is 0 Å². The lowest BCUT2D eigenvalue weighted by molar-refractivity contribution is -0.140. The Morgan fingerprint density at radius 3 is 0.833 bits per heavy atom. The van der Waals surface area contributed by atoms with Gasteiger partial charge in [0.25, 0.3) is 0 Å². The van der Waals surface area contributed by atoms with Crippen LogP contribution in [0.5, 0.6) is 0 Å². The van der Waals surface area contributed by atoms with Crippen LogP contribution in [0.2, 0.25) is 0 Å². The Bertz CT molecular complexity index is 1130. The first kappa shape index (κ1) is 41.8. The van der Waals surface area contributed by atoms with Crippen molar-refractivity contribution in [1.29, 1.82) is 0 Å². The summed E-state index contributed by atoms with van der Waals surface area (Å²) in [4.78, 5) is 72.4. The molecule has 48 heavy (non-hydrogen) atoms. The Labute approximate surface area is 276 Å². The Morgan fingerprint density at radius 1 is 0.396 bits per heavy atom. The lowest BCUT2D eigenvalue weighted by atomic mass is 10.5. The number of nitrogens with zero attached hydrogens (tertiary/aromatic N) is 3. The van der Waals surface area contributed by atoms with Crippen LogP contribution in [0.25, 0.3) is 0 Å². The zero-order chi connectivity index (χ0) is 35.4. The minimum atomic E-state index is -0.833. The van der Waals surface area contributed by atoms with Crippen LogP contribution in [0, 0.1) is 0 Å². The average Bonchev–Trinajstić information content (AvgIpc) is 3.09. The molecule has 0 bridgehead atoms. The summed E-state index contributed by atoms with van der Waals surface area (Å²) < 4.78 is 49.3. The van der Waals surface area contributed by atoms with Crippen LogP contribution in [0.4, 0.5) is 0 Å². The van der Waals surface area contributed by atoms with Gasteiger partial charge in [-0.15, -0.1) is 0 Å². The van der Waals surface area contributed by atoms with Crippen molar-refractivity contribution in [1.82, 2.24) is 13.7 Å². The molecule has 0 aliphatic carbocycles. The largest absolute Gasteiger partial charge is 0.460 e. The highest BCUT2D eigenvalue weighted by Gasteiger charge is 2.15. The molecule has 18 nitrogen and oxygen atoms in total. The first-order chi connectivity index (χ1) is 23.3. The second-order valence-corrected chi connectivity index (χ2v) is 9.09. The molecule has 0 unspecified atom stereocenters. The highest BCUT2D eigenvalue weighted by Crippen LogP contribution is 1.88. The molecule has 0 N–H and O–H groups in total. The Kier molecular flexibility index (Phi) is 23.4. The fraction of sp³-hybridized carbons (Fsp3) is 0.600. The highest BCUT2D eigenvalue weighted by atomic mass is 16.6. The van der Waals surface area contributed by atoms with Gasteiger partial charge >= 0.3 is 35.0 Å². The normalized spacial score (nSPS) is 10.8. The number of hydrogen-bond donors (Lipinski definition) is 0. The smallest absolute Gasteiger partial charge is 0.336 e. The molecule has 0 amide bonds. The zero-order valence-corrected chi connectivity index (χ0v) is 27.0. The molecule has 0 saturated heterocycles. The van der Waals surface area contributed by atoms with E-state index in [9.17, 15) is 28.8 Å². The molecule has 0 aromatic carbocycles. The van der Waals surface area contributed by atoms with E-state index in [0.29, 0.717) is 0 Å². The Hall–Kier alpha value is -4.20. The second-order valence-electron chi connectivity index (χ2n) is 9.09. The molecular formula is C30H45N3O15. The van der Waals surface area contributed by atoms with Gasteiger partial charge < -0.3 is 42.6 Å². The zero-order valence-electron chi connectivity index (χ0n) is 27.0. The van der Waals surface area contributed by atoms with E-state index >= 15 is 0 Å². The molecule has 0 fully saturated rings. The number of aromatic nitrogens is 3. The molecule has 0 saturated carbocycles. The predicted molar refractivity (Wildman–Crippen MR) is 168 cm³/mol. The van der Waals surface area contributed by atoms with Gasteiger partial charge in [-0.05, 0) is 0 Å². The third-order valence-corrected chi connectivity index (χ3v) is 5.80. The Balaban J connectivity index is 2.69. The average molecular weight is 688 g/mol. The number of hydrogen-bond acceptors (Lipinski definition) is 15. The van der Waals surface area contributed by atoms with Crippen molar-refractivity contribution in [3.05, 3.63) is 69.4 Å². The minimum absolute atomic E-state index is 0.0337. The summed E-state index contributed by atoms with van der Waals surface area (Å²) in [6.45, 7) is 10.9. The van der Waals surface area contributed by atoms with E-state index in [2.05, 4.69) is 19.7 Å². The van der Waals surface area contributed by atoms with Gasteiger partial charge in [-0.25, -0.2) is 42.5 Å². The van der Waals surface area contributed by atoms with E-state index in [1.54, 1.807) is 0 Å². The minimum Gasteiger partial charge on any atom is -0.460 e. The number of ether oxygens (including phenoxy) is 9. The standard InChI is InChI=1S/C30H45N3O15/c1-4-25(34)46-22-19-43-16-13-40-10-7-31-28(37)32(8-11-41-14-17-44-20-23-47-26(35)5-2)30(39)33(29(31)38)9-12-42-15-18-45-21-24-48-27(36)6-3/h4-6H,1-3,7-24H2. The molecule has 0 radical (unpaired) electrons. The second kappa shape index (κ2) is 26.8. The summed E-state index contributed by atoms with van der Waals surface area (Å²) in [6, 6.07) is 0. The van der Waals surface area contributed by atoms with Gasteiger partial charge in [-0.3, -0.25) is 0 Å². The maximum Gasteiger partial charge on any atom is 0.336 e. The molecule has 18 heteroatoms. The molecule has 0 aliphatic rings. The van der Waals surface area contributed by atoms with E-state index in [4.69, 9.17) is 42.6 Å². The van der Waals surface area contributed by atoms with Crippen LogP contribution in [-0.2, 0) is 76.6 Å². The quantitative estimate of drug-likeness (QED) is 0.0390. The van der Waals surface area contributed by atoms with Crippen molar-refractivity contribution in [2.45, 2.75) is 19.6 Å². The SMILES string of the molecule is C=CC(=O)OCCOCCOCCn1c(=O)n(CCOCCOCCOC(=O)C=C)c(=O)n(CCOCCOCCOC(=O)C=C)c1=O. The lowest BCUT2D eigenvalue weighted by Gasteiger charge is -2.15. The topological polar surface area (TPSA) is 200 Å². The molecule has 1 aromatic rings. The van der Waals surface area contributed by atoms with Crippen LogP contribution in [0.3, 0.4) is 0 Å². The third kappa shape index (κ3) is 18.2. The fourth-order valence-corrected chi connectivity index (χ4v) is 3.47. The van der Waals surface area contributed by atoms with Crippen LogP contribution >= 0.6 is 0 Å². The summed E-state index contributed by atoms with van der Waals surface area (Å²) >= 11 is 0. The van der Waals surface area contributed by atoms with Crippen molar-refractivity contribution in [3.63, 3.8) is 0 Å². The van der Waals surface area contributed by atoms with Gasteiger partial charge in [0.05, 0.1) is 98.9 Å². The van der Waals surface area contributed by atoms with Gasteiger partial charge in [0.15, 0.2) is 0 Å². The van der Waals surface area contributed by atoms with Gasteiger partial charge in [0.1, 0.15) is 19.8 Å². The maximum atomic E-state index is 13.1. The molecule has 1 aromatic heterocycles. The van der Waals surface area contributed by atoms with Crippen molar-refractivity contribution in [3.8, 4) is 0 Å². The molecule has 270 valence electrons. The van der Waals surface area contributed by atoms with Gasteiger partial charge in [-0.2, -0.15) is 0 Å². The first-order valence-corrected chi connectivity index (χ1v) is 15.0. The molecule has 1 heterocycles. The van der Waals surface area contributed by atoms with E-state index in [1.807, 2.05) is 0 Å². The molecule has 0 aliphatic heterocycles. The monoisotopic (exact) mass is 687 g/mol. The van der Waals surface area contributed by atoms with E-state index < -0.39 is 35.0 Å². The van der Waals surface area contributed by atoms with Gasteiger partial charge in [0.2, 0.25) is 0 Å². The molecule has 0 atom stereocenters. The third-order valence-electron chi connectivity index (χ3n) is 5.80. The summed E-state index contributed by atoms with van der Waals surface area (Å²) in [5.74, 6) is -1.68. The number of rotatable bonds is 30. The Morgan fingerprint density at radius 2 is 0.604 bits per heavy atom. The predicted octanol–water partition coefficient (Wildman–Crippen LogP) is -1.54. The van der Waals surface area contributed by atoms with Crippen LogP contribution < -0.4 is 17.1 Å². The summed E-state index contributed by atoms with van der Waals surface area (Å²) in [7, 11) is 0. The van der Waals surface area contributed by atoms with Crippen LogP contribution in [0.15, 0.2) is 52.3 Å². The molecular weight excluding hydrogens is 642 g/mol. The van der Waals surface area contributed by atoms with Gasteiger partial charge in [-0.1, -0.05) is 19.7 Å². The molecule has 1 rings (SSSR count). The van der Waals surface area contributed by atoms with E-state index in [-0.39, 0.29) is 119 Å². The summed E-state index contributed by atoms with van der Waals surface area (Å²) in [5.41, 5.74) is -2.50. The van der Waals surface area contributed by atoms with Gasteiger partial charge in [0, 0.05) is 18.2 Å². The molecule has 0 spiro atoms. The highest BCUT2D eigenvalue weighted by molar-refractivity contribution is 5.81. The van der Waals surface area contributed by atoms with Crippen LogP contribution in [0.1, 0.15) is 0 Å². The van der Waals surface area contributed by atoms with E-state index in [1.165, 1.54) is 0 Å². The lowest BCUT2D eigenvalue weighted by Crippen LogP contribution is -2.55. The number of carbonyl (C=O) groups excluding carboxylic acids is 3. The van der Waals surface area contributed by atoms with Crippen LogP contribution in [-0.4, -0.2) is 131 Å². The fourth-order valence-electron chi connectivity index (χ4n) is 3.47. The van der Waals surface area contributed by atoms with E-state index in [0.717, 1.165) is 31.9 Å². The summed E-state index contributed by atoms with van der Waals surface area (Å²) in [6.07, 6.45) is 3.12. The first-order valence-electron chi connectivity index (χ1n) is 15.0. The number of esters is 3. The summed E-state index contributed by atoms with van der Waals surface area (Å²) in [5, 5.41) is 0. The van der Waals surface area contributed by atoms with Crippen molar-refractivity contribution >= 4 is 17.9 Å².